The number of ether oxygens (including phenoxy) is 1. The average molecular weight is 328 g/mol. The van der Waals surface area contributed by atoms with Crippen LogP contribution in [0.15, 0.2) is 34.9 Å². The largest absolute Gasteiger partial charge is 0.456 e. The van der Waals surface area contributed by atoms with E-state index in [0.717, 1.165) is 15.7 Å². The molecule has 1 heterocycles. The molecule has 0 saturated carbocycles. The number of aryl methyl sites for hydroxylation is 1. The number of hydrogen-bond donors (Lipinski definition) is 1. The van der Waals surface area contributed by atoms with Crippen LogP contribution in [-0.2, 0) is 6.54 Å². The lowest BCUT2D eigenvalue weighted by Gasteiger charge is -2.11. The minimum Gasteiger partial charge on any atom is -0.456 e. The molecule has 0 aliphatic heterocycles. The summed E-state index contributed by atoms with van der Waals surface area (Å²) in [6.45, 7) is 2.29. The van der Waals surface area contributed by atoms with Gasteiger partial charge in [-0.3, -0.25) is 4.98 Å². The third kappa shape index (κ3) is 3.02. The van der Waals surface area contributed by atoms with Crippen LogP contribution in [0.5, 0.6) is 11.5 Å². The van der Waals surface area contributed by atoms with Crippen LogP contribution in [0.1, 0.15) is 11.3 Å². The lowest BCUT2D eigenvalue weighted by atomic mass is 10.2. The van der Waals surface area contributed by atoms with Gasteiger partial charge in [0.05, 0.1) is 4.47 Å². The molecule has 0 atom stereocenters. The fraction of sp³-hybridized carbons (Fsp3) is 0.154. The van der Waals surface area contributed by atoms with Crippen molar-refractivity contribution in [1.82, 2.24) is 4.98 Å². The van der Waals surface area contributed by atoms with Crippen LogP contribution in [0.4, 0.5) is 0 Å². The van der Waals surface area contributed by atoms with Gasteiger partial charge in [0.15, 0.2) is 0 Å². The molecule has 94 valence electrons. The van der Waals surface area contributed by atoms with Gasteiger partial charge < -0.3 is 10.5 Å². The molecule has 0 spiro atoms. The molecular weight excluding hydrogens is 316 g/mol. The first kappa shape index (κ1) is 13.3. The van der Waals surface area contributed by atoms with Crippen LogP contribution in [-0.4, -0.2) is 4.98 Å². The Kier molecular flexibility index (Phi) is 4.22. The summed E-state index contributed by atoms with van der Waals surface area (Å²) in [6.07, 6.45) is 1.73. The summed E-state index contributed by atoms with van der Waals surface area (Å²) in [4.78, 5) is 4.20. The van der Waals surface area contributed by atoms with Crippen molar-refractivity contribution in [2.75, 3.05) is 0 Å². The zero-order valence-corrected chi connectivity index (χ0v) is 12.1. The lowest BCUT2D eigenvalue weighted by Crippen LogP contribution is -2.01. The molecule has 3 nitrogen and oxygen atoms in total. The summed E-state index contributed by atoms with van der Waals surface area (Å²) in [5.41, 5.74) is 7.41. The van der Waals surface area contributed by atoms with Gasteiger partial charge in [-0.15, -0.1) is 0 Å². The zero-order chi connectivity index (χ0) is 13.1. The van der Waals surface area contributed by atoms with Gasteiger partial charge in [0.1, 0.15) is 11.5 Å². The summed E-state index contributed by atoms with van der Waals surface area (Å²) >= 11 is 9.30. The number of aromatic nitrogens is 1. The third-order valence-electron chi connectivity index (χ3n) is 2.41. The number of benzene rings is 1. The first-order valence-electron chi connectivity index (χ1n) is 5.38. The Hall–Kier alpha value is -1.10. The van der Waals surface area contributed by atoms with E-state index in [1.54, 1.807) is 18.3 Å². The van der Waals surface area contributed by atoms with Crippen molar-refractivity contribution in [2.45, 2.75) is 13.5 Å². The maximum atomic E-state index is 5.89. The molecule has 0 amide bonds. The Morgan fingerprint density at radius 2 is 2.11 bits per heavy atom. The molecule has 2 N–H and O–H groups in total. The van der Waals surface area contributed by atoms with E-state index in [4.69, 9.17) is 22.1 Å². The van der Waals surface area contributed by atoms with Gasteiger partial charge in [-0.25, -0.2) is 0 Å². The van der Waals surface area contributed by atoms with Gasteiger partial charge in [0.25, 0.3) is 0 Å². The van der Waals surface area contributed by atoms with Crippen LogP contribution in [0.3, 0.4) is 0 Å². The minimum atomic E-state index is 0.383. The summed E-state index contributed by atoms with van der Waals surface area (Å²) < 4.78 is 6.64. The highest BCUT2D eigenvalue weighted by atomic mass is 79.9. The van der Waals surface area contributed by atoms with Crippen molar-refractivity contribution in [3.63, 3.8) is 0 Å². The lowest BCUT2D eigenvalue weighted by molar-refractivity contribution is 0.472. The number of rotatable bonds is 3. The quantitative estimate of drug-likeness (QED) is 0.925. The monoisotopic (exact) mass is 326 g/mol. The highest BCUT2D eigenvalue weighted by molar-refractivity contribution is 9.10. The Labute approximate surface area is 119 Å². The van der Waals surface area contributed by atoms with E-state index >= 15 is 0 Å². The van der Waals surface area contributed by atoms with E-state index in [9.17, 15) is 0 Å². The molecule has 0 fully saturated rings. The van der Waals surface area contributed by atoms with Crippen molar-refractivity contribution in [2.24, 2.45) is 5.73 Å². The van der Waals surface area contributed by atoms with E-state index in [-0.39, 0.29) is 0 Å². The highest BCUT2D eigenvalue weighted by Crippen LogP contribution is 2.33. The number of nitrogens with zero attached hydrogens (tertiary/aromatic N) is 1. The molecule has 5 heteroatoms. The van der Waals surface area contributed by atoms with E-state index in [2.05, 4.69) is 20.9 Å². The second kappa shape index (κ2) is 5.69. The van der Waals surface area contributed by atoms with Crippen molar-refractivity contribution >= 4 is 27.5 Å². The summed E-state index contributed by atoms with van der Waals surface area (Å²) in [6, 6.07) is 7.23. The third-order valence-corrected chi connectivity index (χ3v) is 3.27. The molecule has 1 aromatic heterocycles. The molecular formula is C13H12BrClN2O. The molecule has 18 heavy (non-hydrogen) atoms. The topological polar surface area (TPSA) is 48.1 Å². The normalized spacial score (nSPS) is 10.4. The van der Waals surface area contributed by atoms with Crippen LogP contribution in [0.2, 0.25) is 5.02 Å². The molecule has 0 saturated heterocycles. The Morgan fingerprint density at radius 1 is 1.33 bits per heavy atom. The second-order valence-corrected chi connectivity index (χ2v) is 5.11. The minimum absolute atomic E-state index is 0.383. The van der Waals surface area contributed by atoms with Gasteiger partial charge in [0, 0.05) is 35.1 Å². The smallest absolute Gasteiger partial charge is 0.141 e. The van der Waals surface area contributed by atoms with E-state index in [1.807, 2.05) is 19.1 Å². The van der Waals surface area contributed by atoms with Gasteiger partial charge in [-0.05, 0) is 41.1 Å². The van der Waals surface area contributed by atoms with Gasteiger partial charge >= 0.3 is 0 Å². The van der Waals surface area contributed by atoms with Crippen molar-refractivity contribution in [1.29, 1.82) is 0 Å². The van der Waals surface area contributed by atoms with Crippen LogP contribution < -0.4 is 10.5 Å². The number of hydrogen-bond acceptors (Lipinski definition) is 3. The fourth-order valence-corrected chi connectivity index (χ4v) is 2.25. The molecule has 0 bridgehead atoms. The van der Waals surface area contributed by atoms with Crippen LogP contribution >= 0.6 is 27.5 Å². The first-order chi connectivity index (χ1) is 8.60. The van der Waals surface area contributed by atoms with E-state index in [1.165, 1.54) is 0 Å². The first-order valence-corrected chi connectivity index (χ1v) is 6.55. The van der Waals surface area contributed by atoms with Gasteiger partial charge in [-0.1, -0.05) is 11.6 Å². The van der Waals surface area contributed by atoms with Crippen LogP contribution in [0, 0.1) is 6.92 Å². The van der Waals surface area contributed by atoms with E-state index < -0.39 is 0 Å². The SMILES string of the molecule is Cc1cc(Oc2ccc(Cl)cc2Br)c(CN)cn1. The van der Waals surface area contributed by atoms with Gasteiger partial charge in [-0.2, -0.15) is 0 Å². The maximum absolute atomic E-state index is 5.89. The highest BCUT2D eigenvalue weighted by Gasteiger charge is 2.08. The molecule has 2 rings (SSSR count). The Morgan fingerprint density at radius 3 is 2.78 bits per heavy atom. The van der Waals surface area contributed by atoms with Crippen molar-refractivity contribution in [3.8, 4) is 11.5 Å². The average Bonchev–Trinajstić information content (AvgIpc) is 2.33. The number of pyridine rings is 1. The predicted octanol–water partition coefficient (Wildman–Crippen LogP) is 4.06. The molecule has 0 aliphatic carbocycles. The Bertz CT molecular complexity index is 575. The van der Waals surface area contributed by atoms with Crippen molar-refractivity contribution < 1.29 is 4.74 Å². The summed E-state index contributed by atoms with van der Waals surface area (Å²) in [5.74, 6) is 1.41. The van der Waals surface area contributed by atoms with Crippen LogP contribution in [0.25, 0.3) is 0 Å². The van der Waals surface area contributed by atoms with Gasteiger partial charge in [0.2, 0.25) is 0 Å². The summed E-state index contributed by atoms with van der Waals surface area (Å²) in [7, 11) is 0. The molecule has 0 radical (unpaired) electrons. The van der Waals surface area contributed by atoms with E-state index in [0.29, 0.717) is 23.1 Å². The number of nitrogens with two attached hydrogens (primary N) is 1. The molecule has 0 unspecified atom stereocenters. The molecule has 0 aliphatic rings. The fourth-order valence-electron chi connectivity index (χ4n) is 1.49. The molecule has 1 aromatic carbocycles. The number of halogens is 2. The Balaban J connectivity index is 2.36. The second-order valence-electron chi connectivity index (χ2n) is 3.81. The van der Waals surface area contributed by atoms with Crippen molar-refractivity contribution in [3.05, 3.63) is 51.2 Å². The summed E-state index contributed by atoms with van der Waals surface area (Å²) in [5, 5.41) is 0.652. The maximum Gasteiger partial charge on any atom is 0.141 e. The predicted molar refractivity (Wildman–Crippen MR) is 76.1 cm³/mol. The molecule has 2 aromatic rings. The zero-order valence-electron chi connectivity index (χ0n) is 9.78. The standard InChI is InChI=1S/C13H12BrClN2O/c1-8-4-13(9(6-16)7-17-8)18-12-3-2-10(15)5-11(12)14/h2-5,7H,6,16H2,1H3.